The second-order valence-electron chi connectivity index (χ2n) is 9.70. The number of Topliss-reactive ketones (excluding diaryl/α,β-unsaturated/α-hetero) is 1. The van der Waals surface area contributed by atoms with Crippen molar-refractivity contribution in [3.63, 3.8) is 0 Å². The van der Waals surface area contributed by atoms with E-state index in [0.717, 1.165) is 25.7 Å². The Morgan fingerprint density at radius 2 is 1.97 bits per heavy atom. The fourth-order valence-electron chi connectivity index (χ4n) is 6.25. The summed E-state index contributed by atoms with van der Waals surface area (Å²) in [4.78, 5) is 50.7. The summed E-state index contributed by atoms with van der Waals surface area (Å²) in [5.41, 5.74) is 4.67. The number of rotatable bonds is 11. The van der Waals surface area contributed by atoms with Crippen LogP contribution >= 0.6 is 0 Å². The topological polar surface area (TPSA) is 130 Å². The molecule has 2 aliphatic heterocycles. The number of fused-ring (bicyclic) bond motifs is 1. The number of carbonyl (C=O) groups excluding carboxylic acids is 4. The van der Waals surface area contributed by atoms with Gasteiger partial charge in [-0.05, 0) is 37.1 Å². The van der Waals surface area contributed by atoms with Crippen LogP contribution in [0.4, 0.5) is 0 Å². The Labute approximate surface area is 178 Å². The van der Waals surface area contributed by atoms with Crippen LogP contribution in [-0.4, -0.2) is 49.2 Å². The van der Waals surface area contributed by atoms with E-state index in [-0.39, 0.29) is 29.6 Å². The molecule has 0 spiro atoms. The van der Waals surface area contributed by atoms with Gasteiger partial charge < -0.3 is 21.7 Å². The fraction of sp³-hybridized carbons (Fsp3) is 0.818. The summed E-state index contributed by atoms with van der Waals surface area (Å²) in [6.45, 7) is 7.80. The first-order valence-electron chi connectivity index (χ1n) is 11.3. The SMILES string of the molecule is CCCCCCNC(=O)C(=O)[C@@H](C[C@H]1CCNC1=O)C12C(C(N)=O)NCC1C2(C)C. The average Bonchev–Trinajstić information content (AvgIpc) is 3.08. The molecule has 8 nitrogen and oxygen atoms in total. The Morgan fingerprint density at radius 3 is 2.53 bits per heavy atom. The van der Waals surface area contributed by atoms with Crippen LogP contribution in [0.25, 0.3) is 0 Å². The van der Waals surface area contributed by atoms with Crippen molar-refractivity contribution < 1.29 is 19.2 Å². The Hall–Kier alpha value is -1.96. The van der Waals surface area contributed by atoms with E-state index >= 15 is 0 Å². The number of nitrogens with one attached hydrogen (secondary N) is 3. The highest BCUT2D eigenvalue weighted by atomic mass is 16.2. The maximum absolute atomic E-state index is 13.4. The molecule has 3 fully saturated rings. The summed E-state index contributed by atoms with van der Waals surface area (Å²) < 4.78 is 0. The molecule has 3 rings (SSSR count). The van der Waals surface area contributed by atoms with Crippen molar-refractivity contribution in [2.45, 2.75) is 65.3 Å². The number of unbranched alkanes of at least 4 members (excludes halogenated alkanes) is 3. The molecule has 5 N–H and O–H groups in total. The predicted molar refractivity (Wildman–Crippen MR) is 112 cm³/mol. The lowest BCUT2D eigenvalue weighted by Crippen LogP contribution is -2.53. The van der Waals surface area contributed by atoms with Crippen molar-refractivity contribution in [1.82, 2.24) is 16.0 Å². The van der Waals surface area contributed by atoms with Crippen molar-refractivity contribution in [3.8, 4) is 0 Å². The molecular formula is C22H36N4O4. The van der Waals surface area contributed by atoms with Crippen molar-refractivity contribution in [1.29, 1.82) is 0 Å². The van der Waals surface area contributed by atoms with Gasteiger partial charge in [0.15, 0.2) is 0 Å². The number of nitrogens with two attached hydrogens (primary N) is 1. The molecule has 0 bridgehead atoms. The lowest BCUT2D eigenvalue weighted by Gasteiger charge is -2.34. The molecular weight excluding hydrogens is 384 g/mol. The first-order valence-corrected chi connectivity index (χ1v) is 11.3. The number of piperidine rings is 1. The van der Waals surface area contributed by atoms with E-state index in [1.54, 1.807) is 0 Å². The summed E-state index contributed by atoms with van der Waals surface area (Å²) in [5.74, 6) is -2.68. The number of hydrogen-bond acceptors (Lipinski definition) is 5. The minimum absolute atomic E-state index is 0.0678. The van der Waals surface area contributed by atoms with Gasteiger partial charge in [0.1, 0.15) is 0 Å². The quantitative estimate of drug-likeness (QED) is 0.285. The van der Waals surface area contributed by atoms with Crippen LogP contribution in [0.1, 0.15) is 59.3 Å². The van der Waals surface area contributed by atoms with Gasteiger partial charge in [0.2, 0.25) is 17.6 Å². The van der Waals surface area contributed by atoms with Crippen LogP contribution in [0.2, 0.25) is 0 Å². The van der Waals surface area contributed by atoms with Gasteiger partial charge in [-0.3, -0.25) is 19.2 Å². The highest BCUT2D eigenvalue weighted by Gasteiger charge is 2.81. The molecule has 8 heteroatoms. The number of primary amides is 1. The van der Waals surface area contributed by atoms with Crippen LogP contribution < -0.4 is 21.7 Å². The number of carbonyl (C=O) groups is 4. The summed E-state index contributed by atoms with van der Waals surface area (Å²) in [7, 11) is 0. The number of hydrogen-bond donors (Lipinski definition) is 4. The molecule has 5 atom stereocenters. The van der Waals surface area contributed by atoms with E-state index in [1.165, 1.54) is 0 Å². The van der Waals surface area contributed by atoms with Gasteiger partial charge in [-0.25, -0.2) is 0 Å². The van der Waals surface area contributed by atoms with Crippen molar-refractivity contribution in [3.05, 3.63) is 0 Å². The van der Waals surface area contributed by atoms with Crippen LogP contribution in [0.3, 0.4) is 0 Å². The fourth-order valence-corrected chi connectivity index (χ4v) is 6.25. The van der Waals surface area contributed by atoms with Gasteiger partial charge in [0, 0.05) is 30.3 Å². The second kappa shape index (κ2) is 8.65. The third-order valence-corrected chi connectivity index (χ3v) is 7.88. The maximum atomic E-state index is 13.4. The summed E-state index contributed by atoms with van der Waals surface area (Å²) in [6.07, 6.45) is 4.93. The first kappa shape index (κ1) is 22.7. The van der Waals surface area contributed by atoms with E-state index in [4.69, 9.17) is 5.73 Å². The molecule has 168 valence electrons. The highest BCUT2D eigenvalue weighted by Crippen LogP contribution is 2.77. The smallest absolute Gasteiger partial charge is 0.287 e. The molecule has 2 heterocycles. The molecule has 0 aromatic heterocycles. The Morgan fingerprint density at radius 1 is 1.23 bits per heavy atom. The van der Waals surface area contributed by atoms with E-state index in [2.05, 4.69) is 22.9 Å². The standard InChI is InChI=1S/C22H36N4O4/c1-4-5-6-7-9-24-20(30)16(27)14(11-13-8-10-25-19(13)29)22-15(21(22,2)3)12-26-17(22)18(23)28/h13-15,17,26H,4-12H2,1-3H3,(H2,23,28)(H,24,30)(H,25,29)/t13-,14-,15?,17?,22?/m1/s1. The van der Waals surface area contributed by atoms with Crippen molar-refractivity contribution >= 4 is 23.5 Å². The Balaban J connectivity index is 1.82. The van der Waals surface area contributed by atoms with Gasteiger partial charge in [-0.15, -0.1) is 0 Å². The minimum atomic E-state index is -0.724. The van der Waals surface area contributed by atoms with E-state index < -0.39 is 35.0 Å². The van der Waals surface area contributed by atoms with Crippen molar-refractivity contribution in [2.75, 3.05) is 19.6 Å². The Bertz CT molecular complexity index is 722. The first-order chi connectivity index (χ1) is 14.2. The second-order valence-corrected chi connectivity index (χ2v) is 9.70. The summed E-state index contributed by atoms with van der Waals surface area (Å²) in [6, 6.07) is -0.673. The molecule has 1 aliphatic carbocycles. The van der Waals surface area contributed by atoms with Gasteiger partial charge in [-0.2, -0.15) is 0 Å². The Kier molecular flexibility index (Phi) is 6.55. The lowest BCUT2D eigenvalue weighted by molar-refractivity contribution is -0.143. The van der Waals surface area contributed by atoms with Gasteiger partial charge >= 0.3 is 0 Å². The molecule has 0 radical (unpaired) electrons. The van der Waals surface area contributed by atoms with E-state index in [1.807, 2.05) is 13.8 Å². The van der Waals surface area contributed by atoms with E-state index in [9.17, 15) is 19.2 Å². The summed E-state index contributed by atoms with van der Waals surface area (Å²) in [5, 5.41) is 8.74. The molecule has 1 saturated carbocycles. The average molecular weight is 421 g/mol. The van der Waals surface area contributed by atoms with Crippen LogP contribution in [0.5, 0.6) is 0 Å². The van der Waals surface area contributed by atoms with Crippen LogP contribution in [0, 0.1) is 28.6 Å². The zero-order valence-electron chi connectivity index (χ0n) is 18.4. The highest BCUT2D eigenvalue weighted by molar-refractivity contribution is 6.37. The molecule has 0 aromatic carbocycles. The third kappa shape index (κ3) is 3.63. The van der Waals surface area contributed by atoms with Gasteiger partial charge in [-0.1, -0.05) is 40.0 Å². The molecule has 0 aromatic rings. The zero-order valence-corrected chi connectivity index (χ0v) is 18.4. The van der Waals surface area contributed by atoms with Crippen molar-refractivity contribution in [2.24, 2.45) is 34.3 Å². The van der Waals surface area contributed by atoms with Crippen LogP contribution in [0.15, 0.2) is 0 Å². The maximum Gasteiger partial charge on any atom is 0.287 e. The minimum Gasteiger partial charge on any atom is -0.368 e. The molecule has 3 unspecified atom stereocenters. The largest absolute Gasteiger partial charge is 0.368 e. The number of amides is 3. The molecule has 2 saturated heterocycles. The van der Waals surface area contributed by atoms with Gasteiger partial charge in [0.05, 0.1) is 6.04 Å². The third-order valence-electron chi connectivity index (χ3n) is 7.88. The van der Waals surface area contributed by atoms with Crippen LogP contribution in [-0.2, 0) is 19.2 Å². The zero-order chi connectivity index (χ0) is 22.1. The molecule has 30 heavy (non-hydrogen) atoms. The number of ketones is 1. The van der Waals surface area contributed by atoms with Gasteiger partial charge in [0.25, 0.3) is 5.91 Å². The monoisotopic (exact) mass is 420 g/mol. The lowest BCUT2D eigenvalue weighted by atomic mass is 9.70. The molecule has 3 amide bonds. The normalized spacial score (nSPS) is 32.2. The van der Waals surface area contributed by atoms with E-state index in [0.29, 0.717) is 26.1 Å². The predicted octanol–water partition coefficient (Wildman–Crippen LogP) is 0.494. The summed E-state index contributed by atoms with van der Waals surface area (Å²) >= 11 is 0. The molecule has 3 aliphatic rings.